The fourth-order valence-electron chi connectivity index (χ4n) is 2.07. The van der Waals surface area contributed by atoms with E-state index in [0.717, 1.165) is 21.1 Å². The van der Waals surface area contributed by atoms with Gasteiger partial charge in [0.05, 0.1) is 12.2 Å². The molecule has 3 aromatic rings. The van der Waals surface area contributed by atoms with Crippen LogP contribution in [-0.2, 0) is 6.54 Å². The molecule has 5 heteroatoms. The smallest absolute Gasteiger partial charge is 0.271 e. The number of aromatic nitrogens is 2. The Hall–Kier alpha value is -2.53. The summed E-state index contributed by atoms with van der Waals surface area (Å²) in [4.78, 5) is 21.9. The van der Waals surface area contributed by atoms with Gasteiger partial charge in [0, 0.05) is 16.6 Å². The lowest BCUT2D eigenvalue weighted by Crippen LogP contribution is -2.24. The van der Waals surface area contributed by atoms with Crippen LogP contribution in [-0.4, -0.2) is 15.9 Å². The molecule has 0 unspecified atom stereocenters. The third-order valence-electron chi connectivity index (χ3n) is 3.19. The highest BCUT2D eigenvalue weighted by molar-refractivity contribution is 7.15. The van der Waals surface area contributed by atoms with Gasteiger partial charge < -0.3 is 5.32 Å². The van der Waals surface area contributed by atoms with Crippen molar-refractivity contribution in [2.24, 2.45) is 0 Å². The van der Waals surface area contributed by atoms with Crippen LogP contribution < -0.4 is 5.32 Å². The molecule has 1 aromatic carbocycles. The number of nitrogens with one attached hydrogen (secondary N) is 1. The number of thiazole rings is 1. The number of nitrogens with zero attached hydrogens (tertiary/aromatic N) is 2. The Morgan fingerprint density at radius 2 is 1.91 bits per heavy atom. The van der Waals surface area contributed by atoms with Crippen molar-refractivity contribution in [3.05, 3.63) is 71.0 Å². The maximum Gasteiger partial charge on any atom is 0.271 e. The van der Waals surface area contributed by atoms with Crippen molar-refractivity contribution in [2.75, 3.05) is 0 Å². The molecule has 2 aromatic heterocycles. The summed E-state index contributed by atoms with van der Waals surface area (Å²) in [5.41, 5.74) is 2.34. The van der Waals surface area contributed by atoms with Crippen molar-refractivity contribution >= 4 is 17.2 Å². The predicted octanol–water partition coefficient (Wildman–Crippen LogP) is 3.44. The Morgan fingerprint density at radius 3 is 2.64 bits per heavy atom. The van der Waals surface area contributed by atoms with Crippen LogP contribution in [0.2, 0.25) is 0 Å². The lowest BCUT2D eigenvalue weighted by atomic mass is 10.2. The summed E-state index contributed by atoms with van der Waals surface area (Å²) in [6.45, 7) is 2.32. The number of hydrogen-bond acceptors (Lipinski definition) is 4. The highest BCUT2D eigenvalue weighted by Crippen LogP contribution is 2.27. The van der Waals surface area contributed by atoms with E-state index in [1.807, 2.05) is 55.5 Å². The molecular formula is C17H15N3OS. The largest absolute Gasteiger partial charge is 0.345 e. The number of hydrogen-bond donors (Lipinski definition) is 1. The normalized spacial score (nSPS) is 10.4. The van der Waals surface area contributed by atoms with Gasteiger partial charge >= 0.3 is 0 Å². The van der Waals surface area contributed by atoms with E-state index in [2.05, 4.69) is 15.3 Å². The molecule has 0 saturated heterocycles. The summed E-state index contributed by atoms with van der Waals surface area (Å²) >= 11 is 1.53. The van der Waals surface area contributed by atoms with Crippen molar-refractivity contribution in [3.63, 3.8) is 0 Å². The molecule has 0 aliphatic rings. The second kappa shape index (κ2) is 6.49. The van der Waals surface area contributed by atoms with E-state index < -0.39 is 0 Å². The maximum atomic E-state index is 12.3. The van der Waals surface area contributed by atoms with E-state index in [9.17, 15) is 4.79 Å². The third-order valence-corrected chi connectivity index (χ3v) is 4.21. The Labute approximate surface area is 132 Å². The Morgan fingerprint density at radius 1 is 1.14 bits per heavy atom. The van der Waals surface area contributed by atoms with Crippen LogP contribution in [0.1, 0.15) is 21.1 Å². The zero-order valence-corrected chi connectivity index (χ0v) is 12.9. The standard InChI is InChI=1S/C17H15N3OS/c1-12-15(16(21)19-11-14-9-5-6-10-18-14)20-17(22-12)13-7-3-2-4-8-13/h2-10H,11H2,1H3,(H,19,21). The van der Waals surface area contributed by atoms with Crippen molar-refractivity contribution < 1.29 is 4.79 Å². The molecule has 4 nitrogen and oxygen atoms in total. The summed E-state index contributed by atoms with van der Waals surface area (Å²) in [5.74, 6) is -0.165. The molecule has 0 aliphatic carbocycles. The van der Waals surface area contributed by atoms with Gasteiger partial charge in [0.15, 0.2) is 0 Å². The number of aryl methyl sites for hydroxylation is 1. The zero-order chi connectivity index (χ0) is 15.4. The third kappa shape index (κ3) is 3.20. The molecule has 110 valence electrons. The second-order valence-electron chi connectivity index (χ2n) is 4.79. The first-order valence-electron chi connectivity index (χ1n) is 6.95. The number of carbonyl (C=O) groups excluding carboxylic acids is 1. The van der Waals surface area contributed by atoms with Gasteiger partial charge in [-0.3, -0.25) is 9.78 Å². The summed E-state index contributed by atoms with van der Waals surface area (Å²) in [7, 11) is 0. The molecule has 1 N–H and O–H groups in total. The van der Waals surface area contributed by atoms with Gasteiger partial charge in [-0.2, -0.15) is 0 Å². The molecular weight excluding hydrogens is 294 g/mol. The van der Waals surface area contributed by atoms with Crippen LogP contribution in [0.15, 0.2) is 54.7 Å². The van der Waals surface area contributed by atoms with Gasteiger partial charge in [0.1, 0.15) is 10.7 Å². The molecule has 3 rings (SSSR count). The van der Waals surface area contributed by atoms with Gasteiger partial charge in [-0.05, 0) is 19.1 Å². The molecule has 0 radical (unpaired) electrons. The Kier molecular flexibility index (Phi) is 4.25. The molecule has 0 fully saturated rings. The van der Waals surface area contributed by atoms with E-state index in [1.165, 1.54) is 11.3 Å². The molecule has 0 saturated carbocycles. The first-order valence-corrected chi connectivity index (χ1v) is 7.76. The van der Waals surface area contributed by atoms with Gasteiger partial charge in [-0.1, -0.05) is 36.4 Å². The summed E-state index contributed by atoms with van der Waals surface area (Å²) in [6.07, 6.45) is 1.71. The first-order chi connectivity index (χ1) is 10.7. The van der Waals surface area contributed by atoms with Gasteiger partial charge in [0.2, 0.25) is 0 Å². The molecule has 1 amide bonds. The minimum absolute atomic E-state index is 0.165. The fourth-order valence-corrected chi connectivity index (χ4v) is 2.98. The van der Waals surface area contributed by atoms with E-state index in [4.69, 9.17) is 0 Å². The van der Waals surface area contributed by atoms with Gasteiger partial charge in [-0.25, -0.2) is 4.98 Å². The lowest BCUT2D eigenvalue weighted by molar-refractivity contribution is 0.0945. The number of benzene rings is 1. The molecule has 2 heterocycles. The molecule has 22 heavy (non-hydrogen) atoms. The highest BCUT2D eigenvalue weighted by Gasteiger charge is 2.16. The predicted molar refractivity (Wildman–Crippen MR) is 87.7 cm³/mol. The number of carbonyl (C=O) groups is 1. The maximum absolute atomic E-state index is 12.3. The Bertz CT molecular complexity index is 769. The van der Waals surface area contributed by atoms with Crippen molar-refractivity contribution in [3.8, 4) is 10.6 Å². The molecule has 0 aliphatic heterocycles. The van der Waals surface area contributed by atoms with Crippen molar-refractivity contribution in [1.29, 1.82) is 0 Å². The lowest BCUT2D eigenvalue weighted by Gasteiger charge is -2.03. The van der Waals surface area contributed by atoms with Crippen LogP contribution >= 0.6 is 11.3 Å². The first kappa shape index (κ1) is 14.4. The number of amides is 1. The van der Waals surface area contributed by atoms with Crippen molar-refractivity contribution in [2.45, 2.75) is 13.5 Å². The second-order valence-corrected chi connectivity index (χ2v) is 6.00. The zero-order valence-electron chi connectivity index (χ0n) is 12.1. The number of pyridine rings is 1. The summed E-state index contributed by atoms with van der Waals surface area (Å²) in [6, 6.07) is 15.5. The molecule has 0 bridgehead atoms. The Balaban J connectivity index is 1.74. The topological polar surface area (TPSA) is 54.9 Å². The van der Waals surface area contributed by atoms with E-state index >= 15 is 0 Å². The highest BCUT2D eigenvalue weighted by atomic mass is 32.1. The number of rotatable bonds is 4. The summed E-state index contributed by atoms with van der Waals surface area (Å²) < 4.78 is 0. The molecule has 0 atom stereocenters. The van der Waals surface area contributed by atoms with Crippen LogP contribution in [0, 0.1) is 6.92 Å². The van der Waals surface area contributed by atoms with Crippen LogP contribution in [0.5, 0.6) is 0 Å². The SMILES string of the molecule is Cc1sc(-c2ccccc2)nc1C(=O)NCc1ccccn1. The van der Waals surface area contributed by atoms with Gasteiger partial charge in [0.25, 0.3) is 5.91 Å². The van der Waals surface area contributed by atoms with Crippen LogP contribution in [0.4, 0.5) is 0 Å². The van der Waals surface area contributed by atoms with Crippen LogP contribution in [0.3, 0.4) is 0 Å². The quantitative estimate of drug-likeness (QED) is 0.803. The summed E-state index contributed by atoms with van der Waals surface area (Å²) in [5, 5.41) is 3.73. The van der Waals surface area contributed by atoms with E-state index in [0.29, 0.717) is 12.2 Å². The van der Waals surface area contributed by atoms with E-state index in [-0.39, 0.29) is 5.91 Å². The fraction of sp³-hybridized carbons (Fsp3) is 0.118. The van der Waals surface area contributed by atoms with Gasteiger partial charge in [-0.15, -0.1) is 11.3 Å². The minimum Gasteiger partial charge on any atom is -0.345 e. The average Bonchev–Trinajstić information content (AvgIpc) is 2.96. The average molecular weight is 309 g/mol. The van der Waals surface area contributed by atoms with Crippen LogP contribution in [0.25, 0.3) is 10.6 Å². The van der Waals surface area contributed by atoms with E-state index in [1.54, 1.807) is 6.20 Å². The van der Waals surface area contributed by atoms with Crippen molar-refractivity contribution in [1.82, 2.24) is 15.3 Å². The molecule has 0 spiro atoms. The monoisotopic (exact) mass is 309 g/mol. The minimum atomic E-state index is -0.165.